The summed E-state index contributed by atoms with van der Waals surface area (Å²) in [7, 11) is 0. The normalized spacial score (nSPS) is 18.5. The molecule has 1 fully saturated rings. The number of aromatic nitrogens is 2. The van der Waals surface area contributed by atoms with Crippen LogP contribution in [0.2, 0.25) is 5.02 Å². The molecule has 1 aliphatic rings. The van der Waals surface area contributed by atoms with Crippen LogP contribution in [-0.2, 0) is 6.42 Å². The van der Waals surface area contributed by atoms with Gasteiger partial charge in [-0.05, 0) is 55.9 Å². The second kappa shape index (κ2) is 6.53. The van der Waals surface area contributed by atoms with Crippen molar-refractivity contribution in [2.75, 3.05) is 13.1 Å². The average Bonchev–Trinajstić information content (AvgIpc) is 2.92. The lowest BCUT2D eigenvalue weighted by Crippen LogP contribution is -2.40. The first-order valence-corrected chi connectivity index (χ1v) is 8.05. The van der Waals surface area contributed by atoms with Crippen molar-refractivity contribution in [3.63, 3.8) is 0 Å². The summed E-state index contributed by atoms with van der Waals surface area (Å²) in [6.07, 6.45) is 5.00. The second-order valence-corrected chi connectivity index (χ2v) is 6.44. The van der Waals surface area contributed by atoms with Crippen LogP contribution in [0.15, 0.2) is 30.5 Å². The van der Waals surface area contributed by atoms with Crippen molar-refractivity contribution >= 4 is 17.5 Å². The van der Waals surface area contributed by atoms with Crippen molar-refractivity contribution in [2.24, 2.45) is 5.92 Å². The van der Waals surface area contributed by atoms with E-state index in [1.165, 1.54) is 11.3 Å². The number of nitrogens with one attached hydrogen (secondary N) is 1. The van der Waals surface area contributed by atoms with Crippen LogP contribution in [-0.4, -0.2) is 34.1 Å². The van der Waals surface area contributed by atoms with E-state index in [1.54, 1.807) is 12.1 Å². The van der Waals surface area contributed by atoms with E-state index >= 15 is 0 Å². The van der Waals surface area contributed by atoms with Crippen LogP contribution in [0.4, 0.5) is 0 Å². The fourth-order valence-electron chi connectivity index (χ4n) is 3.09. The van der Waals surface area contributed by atoms with Gasteiger partial charge < -0.3 is 4.90 Å². The van der Waals surface area contributed by atoms with Crippen molar-refractivity contribution in [3.05, 3.63) is 52.3 Å². The van der Waals surface area contributed by atoms with E-state index in [2.05, 4.69) is 17.1 Å². The lowest BCUT2D eigenvalue weighted by molar-refractivity contribution is 0.0672. The molecule has 116 valence electrons. The Morgan fingerprint density at radius 1 is 1.50 bits per heavy atom. The molecule has 1 saturated heterocycles. The van der Waals surface area contributed by atoms with Crippen LogP contribution < -0.4 is 0 Å². The summed E-state index contributed by atoms with van der Waals surface area (Å²) < 4.78 is 0. The van der Waals surface area contributed by atoms with Crippen molar-refractivity contribution in [1.29, 1.82) is 0 Å². The van der Waals surface area contributed by atoms with Gasteiger partial charge in [0.2, 0.25) is 0 Å². The molecule has 0 saturated carbocycles. The van der Waals surface area contributed by atoms with Gasteiger partial charge in [0.25, 0.3) is 5.91 Å². The summed E-state index contributed by atoms with van der Waals surface area (Å²) in [4.78, 5) is 14.6. The highest BCUT2D eigenvalue weighted by atomic mass is 35.5. The molecule has 0 radical (unpaired) electrons. The minimum Gasteiger partial charge on any atom is -0.338 e. The highest BCUT2D eigenvalue weighted by molar-refractivity contribution is 6.30. The maximum atomic E-state index is 12.6. The van der Waals surface area contributed by atoms with E-state index in [4.69, 9.17) is 11.6 Å². The van der Waals surface area contributed by atoms with Gasteiger partial charge >= 0.3 is 0 Å². The summed E-state index contributed by atoms with van der Waals surface area (Å²) in [6.45, 7) is 3.68. The smallest absolute Gasteiger partial charge is 0.253 e. The highest BCUT2D eigenvalue weighted by Gasteiger charge is 2.25. The van der Waals surface area contributed by atoms with E-state index in [-0.39, 0.29) is 5.91 Å². The van der Waals surface area contributed by atoms with Gasteiger partial charge in [-0.15, -0.1) is 0 Å². The Morgan fingerprint density at radius 3 is 3.09 bits per heavy atom. The molecule has 3 rings (SSSR count). The molecule has 22 heavy (non-hydrogen) atoms. The van der Waals surface area contributed by atoms with Gasteiger partial charge in [0, 0.05) is 29.4 Å². The summed E-state index contributed by atoms with van der Waals surface area (Å²) >= 11 is 5.99. The Bertz CT molecular complexity index is 667. The number of H-pyrrole nitrogens is 1. The quantitative estimate of drug-likeness (QED) is 0.942. The number of nitrogens with zero attached hydrogens (tertiary/aromatic N) is 2. The van der Waals surface area contributed by atoms with Crippen LogP contribution in [0, 0.1) is 12.8 Å². The van der Waals surface area contributed by atoms with Gasteiger partial charge in [0.15, 0.2) is 0 Å². The number of benzene rings is 1. The van der Waals surface area contributed by atoms with E-state index in [0.29, 0.717) is 16.5 Å². The second-order valence-electron chi connectivity index (χ2n) is 6.01. The first kappa shape index (κ1) is 15.1. The number of aromatic amines is 1. The molecule has 5 heteroatoms. The fraction of sp³-hybridized carbons (Fsp3) is 0.412. The summed E-state index contributed by atoms with van der Waals surface area (Å²) in [5.41, 5.74) is 3.05. The molecule has 1 aromatic heterocycles. The molecule has 0 unspecified atom stereocenters. The first-order chi connectivity index (χ1) is 10.6. The predicted octanol–water partition coefficient (Wildman–Crippen LogP) is 3.47. The van der Waals surface area contributed by atoms with Gasteiger partial charge in [-0.3, -0.25) is 9.89 Å². The SMILES string of the molecule is Cc1cn[nH]c1C[C@H]1CCCN(C(=O)c2cccc(Cl)c2)C1. The summed E-state index contributed by atoms with van der Waals surface area (Å²) in [5.74, 6) is 0.560. The van der Waals surface area contributed by atoms with E-state index in [1.807, 2.05) is 23.2 Å². The maximum absolute atomic E-state index is 12.6. The summed E-state index contributed by atoms with van der Waals surface area (Å²) in [5, 5.41) is 7.75. The third-order valence-corrected chi connectivity index (χ3v) is 4.54. The number of likely N-dealkylation sites (tertiary alicyclic amines) is 1. The lowest BCUT2D eigenvalue weighted by Gasteiger charge is -2.33. The number of aryl methyl sites for hydroxylation is 1. The van der Waals surface area contributed by atoms with Gasteiger partial charge in [-0.1, -0.05) is 17.7 Å². The molecular formula is C17H20ClN3O. The number of carbonyl (C=O) groups excluding carboxylic acids is 1. The molecule has 1 N–H and O–H groups in total. The fourth-order valence-corrected chi connectivity index (χ4v) is 3.28. The molecular weight excluding hydrogens is 298 g/mol. The monoisotopic (exact) mass is 317 g/mol. The van der Waals surface area contributed by atoms with Crippen molar-refractivity contribution in [1.82, 2.24) is 15.1 Å². The highest BCUT2D eigenvalue weighted by Crippen LogP contribution is 2.23. The Labute approximate surface area is 135 Å². The molecule has 1 aromatic carbocycles. The van der Waals surface area contributed by atoms with E-state index < -0.39 is 0 Å². The zero-order valence-electron chi connectivity index (χ0n) is 12.7. The molecule has 0 spiro atoms. The third-order valence-electron chi connectivity index (χ3n) is 4.30. The number of halogens is 1. The molecule has 2 heterocycles. The van der Waals surface area contributed by atoms with Crippen LogP contribution in [0.5, 0.6) is 0 Å². The topological polar surface area (TPSA) is 49.0 Å². The Balaban J connectivity index is 1.67. The van der Waals surface area contributed by atoms with E-state index in [0.717, 1.165) is 32.4 Å². The van der Waals surface area contributed by atoms with Crippen molar-refractivity contribution < 1.29 is 4.79 Å². The minimum absolute atomic E-state index is 0.0773. The Hall–Kier alpha value is -1.81. The van der Waals surface area contributed by atoms with Crippen LogP contribution in [0.1, 0.15) is 34.5 Å². The maximum Gasteiger partial charge on any atom is 0.253 e. The Kier molecular flexibility index (Phi) is 4.48. The van der Waals surface area contributed by atoms with Crippen molar-refractivity contribution in [2.45, 2.75) is 26.2 Å². The van der Waals surface area contributed by atoms with Crippen LogP contribution in [0.25, 0.3) is 0 Å². The number of hydrogen-bond acceptors (Lipinski definition) is 2. The predicted molar refractivity (Wildman–Crippen MR) is 87.1 cm³/mol. The molecule has 0 aliphatic carbocycles. The number of carbonyl (C=O) groups is 1. The zero-order chi connectivity index (χ0) is 15.5. The van der Waals surface area contributed by atoms with E-state index in [9.17, 15) is 4.79 Å². The van der Waals surface area contributed by atoms with Gasteiger partial charge in [0.05, 0.1) is 6.20 Å². The third kappa shape index (κ3) is 3.33. The number of amides is 1. The molecule has 0 bridgehead atoms. The van der Waals surface area contributed by atoms with Gasteiger partial charge in [-0.2, -0.15) is 5.10 Å². The number of rotatable bonds is 3. The van der Waals surface area contributed by atoms with Gasteiger partial charge in [-0.25, -0.2) is 0 Å². The standard InChI is InChI=1S/C17H20ClN3O/c1-12-10-19-20-16(12)8-13-4-3-7-21(11-13)17(22)14-5-2-6-15(18)9-14/h2,5-6,9-10,13H,3-4,7-8,11H2,1H3,(H,19,20)/t13-/m1/s1. The first-order valence-electron chi connectivity index (χ1n) is 7.67. The largest absolute Gasteiger partial charge is 0.338 e. The number of hydrogen-bond donors (Lipinski definition) is 1. The Morgan fingerprint density at radius 2 is 2.36 bits per heavy atom. The summed E-state index contributed by atoms with van der Waals surface area (Å²) in [6, 6.07) is 7.19. The van der Waals surface area contributed by atoms with Crippen molar-refractivity contribution in [3.8, 4) is 0 Å². The molecule has 1 aliphatic heterocycles. The van der Waals surface area contributed by atoms with Gasteiger partial charge in [0.1, 0.15) is 0 Å². The van der Waals surface area contributed by atoms with Crippen LogP contribution >= 0.6 is 11.6 Å². The number of piperidine rings is 1. The van der Waals surface area contributed by atoms with Crippen LogP contribution in [0.3, 0.4) is 0 Å². The molecule has 4 nitrogen and oxygen atoms in total. The lowest BCUT2D eigenvalue weighted by atomic mass is 9.92. The molecule has 1 atom stereocenters. The minimum atomic E-state index is 0.0773. The molecule has 1 amide bonds. The zero-order valence-corrected chi connectivity index (χ0v) is 13.4. The molecule has 2 aromatic rings. The average molecular weight is 318 g/mol.